The Kier molecular flexibility index (Phi) is 7.60. The lowest BCUT2D eigenvalue weighted by molar-refractivity contribution is -0.134. The van der Waals surface area contributed by atoms with Crippen LogP contribution < -0.4 is 5.32 Å². The minimum absolute atomic E-state index is 0.0623. The fraction of sp³-hybridized carbons (Fsp3) is 0.480. The summed E-state index contributed by atoms with van der Waals surface area (Å²) in [6.07, 6.45) is 6.11. The number of piperidine rings is 2. The van der Waals surface area contributed by atoms with E-state index in [1.807, 2.05) is 47.4 Å². The lowest BCUT2D eigenvalue weighted by Crippen LogP contribution is -2.43. The van der Waals surface area contributed by atoms with Crippen LogP contribution in [0.1, 0.15) is 55.7 Å². The standard InChI is InChI=1S/C25H33N3O3S/c29-25(27-16-8-2-9-17-27)24(21-12-4-1-5-13-21)26-20-22-14-6-7-15-23(22)32(30,31)28-18-10-3-11-19-28/h1,4-7,12-15,24,26H,2-3,8-11,16-20H2. The summed E-state index contributed by atoms with van der Waals surface area (Å²) in [5, 5.41) is 3.39. The van der Waals surface area contributed by atoms with Gasteiger partial charge < -0.3 is 4.90 Å². The number of likely N-dealkylation sites (tertiary alicyclic amines) is 1. The van der Waals surface area contributed by atoms with Crippen molar-refractivity contribution in [2.24, 2.45) is 0 Å². The van der Waals surface area contributed by atoms with Crippen LogP contribution in [0.25, 0.3) is 0 Å². The van der Waals surface area contributed by atoms with Crippen LogP contribution in [0, 0.1) is 0 Å². The van der Waals surface area contributed by atoms with Gasteiger partial charge >= 0.3 is 0 Å². The van der Waals surface area contributed by atoms with Crippen LogP contribution in [0.5, 0.6) is 0 Å². The largest absolute Gasteiger partial charge is 0.341 e. The number of hydrogen-bond donors (Lipinski definition) is 1. The van der Waals surface area contributed by atoms with E-state index in [9.17, 15) is 13.2 Å². The first-order valence-electron chi connectivity index (χ1n) is 11.7. The summed E-state index contributed by atoms with van der Waals surface area (Å²) in [5.74, 6) is 0.0623. The SMILES string of the molecule is O=C(C(NCc1ccccc1S(=O)(=O)N1CCCCC1)c1ccccc1)N1CCCCC1. The minimum Gasteiger partial charge on any atom is -0.341 e. The topological polar surface area (TPSA) is 69.7 Å². The number of nitrogens with zero attached hydrogens (tertiary/aromatic N) is 2. The third-order valence-corrected chi connectivity index (χ3v) is 8.45. The van der Waals surface area contributed by atoms with Crippen LogP contribution >= 0.6 is 0 Å². The average Bonchev–Trinajstić information content (AvgIpc) is 2.86. The predicted molar refractivity (Wildman–Crippen MR) is 126 cm³/mol. The Labute approximate surface area is 191 Å². The Morgan fingerprint density at radius 3 is 2.09 bits per heavy atom. The molecule has 4 rings (SSSR count). The second kappa shape index (κ2) is 10.6. The molecule has 0 bridgehead atoms. The van der Waals surface area contributed by atoms with Gasteiger partial charge in [-0.1, -0.05) is 55.0 Å². The molecule has 32 heavy (non-hydrogen) atoms. The molecule has 0 spiro atoms. The molecule has 2 fully saturated rings. The first-order chi connectivity index (χ1) is 15.6. The Hall–Kier alpha value is -2.22. The van der Waals surface area contributed by atoms with Crippen LogP contribution in [-0.2, 0) is 21.4 Å². The molecule has 2 aliphatic rings. The normalized spacial score (nSPS) is 18.9. The number of nitrogens with one attached hydrogen (secondary N) is 1. The zero-order valence-corrected chi connectivity index (χ0v) is 19.4. The van der Waals surface area contributed by atoms with E-state index in [0.29, 0.717) is 30.1 Å². The molecule has 0 aliphatic carbocycles. The van der Waals surface area contributed by atoms with Gasteiger partial charge in [-0.25, -0.2) is 8.42 Å². The summed E-state index contributed by atoms with van der Waals surface area (Å²) in [5.41, 5.74) is 1.60. The summed E-state index contributed by atoms with van der Waals surface area (Å²) < 4.78 is 28.3. The van der Waals surface area contributed by atoms with Gasteiger partial charge in [0.2, 0.25) is 15.9 Å². The molecule has 2 heterocycles. The van der Waals surface area contributed by atoms with Crippen LogP contribution in [0.4, 0.5) is 0 Å². The Morgan fingerprint density at radius 2 is 1.41 bits per heavy atom. The van der Waals surface area contributed by atoms with Crippen LogP contribution in [-0.4, -0.2) is 49.7 Å². The van der Waals surface area contributed by atoms with Gasteiger partial charge in [-0.05, 0) is 49.3 Å². The number of carbonyl (C=O) groups excluding carboxylic acids is 1. The quantitative estimate of drug-likeness (QED) is 0.691. The van der Waals surface area contributed by atoms with E-state index in [2.05, 4.69) is 5.32 Å². The van der Waals surface area contributed by atoms with Crippen molar-refractivity contribution in [2.45, 2.75) is 56.0 Å². The Morgan fingerprint density at radius 1 is 0.812 bits per heavy atom. The molecule has 1 atom stereocenters. The number of sulfonamides is 1. The molecular formula is C25H33N3O3S. The molecule has 172 valence electrons. The van der Waals surface area contributed by atoms with E-state index >= 15 is 0 Å². The molecule has 2 saturated heterocycles. The smallest absolute Gasteiger partial charge is 0.244 e. The van der Waals surface area contributed by atoms with Crippen LogP contribution in [0.2, 0.25) is 0 Å². The minimum atomic E-state index is -3.55. The van der Waals surface area contributed by atoms with Gasteiger partial charge in [0.15, 0.2) is 0 Å². The van der Waals surface area contributed by atoms with E-state index in [-0.39, 0.29) is 5.91 Å². The first kappa shape index (κ1) is 23.0. The van der Waals surface area contributed by atoms with E-state index in [0.717, 1.165) is 57.2 Å². The Bertz CT molecular complexity index is 998. The molecule has 1 unspecified atom stereocenters. The molecule has 0 radical (unpaired) electrons. The first-order valence-corrected chi connectivity index (χ1v) is 13.2. The van der Waals surface area contributed by atoms with Gasteiger partial charge in [-0.15, -0.1) is 0 Å². The molecule has 0 saturated carbocycles. The molecule has 2 aromatic carbocycles. The molecule has 1 amide bonds. The van der Waals surface area contributed by atoms with Crippen molar-refractivity contribution in [1.29, 1.82) is 0 Å². The maximum Gasteiger partial charge on any atom is 0.244 e. The summed E-state index contributed by atoms with van der Waals surface area (Å²) in [4.78, 5) is 15.7. The molecular weight excluding hydrogens is 422 g/mol. The van der Waals surface area contributed by atoms with Gasteiger partial charge in [0.1, 0.15) is 6.04 Å². The lowest BCUT2D eigenvalue weighted by atomic mass is 10.0. The molecule has 1 N–H and O–H groups in total. The zero-order chi connectivity index (χ0) is 22.4. The van der Waals surface area contributed by atoms with Crippen molar-refractivity contribution in [2.75, 3.05) is 26.2 Å². The number of hydrogen-bond acceptors (Lipinski definition) is 4. The van der Waals surface area contributed by atoms with Crippen molar-refractivity contribution < 1.29 is 13.2 Å². The van der Waals surface area contributed by atoms with Crippen LogP contribution in [0.15, 0.2) is 59.5 Å². The lowest BCUT2D eigenvalue weighted by Gasteiger charge is -2.31. The zero-order valence-electron chi connectivity index (χ0n) is 18.6. The number of amides is 1. The average molecular weight is 456 g/mol. The number of benzene rings is 2. The molecule has 2 aliphatic heterocycles. The molecule has 2 aromatic rings. The van der Waals surface area contributed by atoms with Crippen molar-refractivity contribution in [1.82, 2.24) is 14.5 Å². The molecule has 7 heteroatoms. The monoisotopic (exact) mass is 455 g/mol. The highest BCUT2D eigenvalue weighted by Gasteiger charge is 2.30. The van der Waals surface area contributed by atoms with Gasteiger partial charge in [-0.2, -0.15) is 4.31 Å². The van der Waals surface area contributed by atoms with E-state index in [4.69, 9.17) is 0 Å². The maximum absolute atomic E-state index is 13.4. The fourth-order valence-corrected chi connectivity index (χ4v) is 6.39. The second-order valence-corrected chi connectivity index (χ2v) is 10.6. The molecule has 6 nitrogen and oxygen atoms in total. The highest BCUT2D eigenvalue weighted by molar-refractivity contribution is 7.89. The summed E-state index contributed by atoms with van der Waals surface area (Å²) in [7, 11) is -3.55. The predicted octanol–water partition coefficient (Wildman–Crippen LogP) is 3.70. The molecule has 0 aromatic heterocycles. The highest BCUT2D eigenvalue weighted by Crippen LogP contribution is 2.25. The maximum atomic E-state index is 13.4. The van der Waals surface area contributed by atoms with Gasteiger partial charge in [0, 0.05) is 32.7 Å². The number of rotatable bonds is 7. The third-order valence-electron chi connectivity index (χ3n) is 6.45. The van der Waals surface area contributed by atoms with Gasteiger partial charge in [0.25, 0.3) is 0 Å². The van der Waals surface area contributed by atoms with Crippen molar-refractivity contribution >= 4 is 15.9 Å². The third kappa shape index (κ3) is 5.22. The van der Waals surface area contributed by atoms with Gasteiger partial charge in [0.05, 0.1) is 4.90 Å². The second-order valence-electron chi connectivity index (χ2n) is 8.68. The van der Waals surface area contributed by atoms with Crippen molar-refractivity contribution in [3.63, 3.8) is 0 Å². The van der Waals surface area contributed by atoms with Crippen molar-refractivity contribution in [3.05, 3.63) is 65.7 Å². The highest BCUT2D eigenvalue weighted by atomic mass is 32.2. The van der Waals surface area contributed by atoms with E-state index < -0.39 is 16.1 Å². The van der Waals surface area contributed by atoms with Gasteiger partial charge in [-0.3, -0.25) is 10.1 Å². The fourth-order valence-electron chi connectivity index (χ4n) is 4.65. The van der Waals surface area contributed by atoms with E-state index in [1.54, 1.807) is 16.4 Å². The Balaban J connectivity index is 1.56. The van der Waals surface area contributed by atoms with Crippen LogP contribution in [0.3, 0.4) is 0 Å². The number of carbonyl (C=O) groups is 1. The van der Waals surface area contributed by atoms with E-state index in [1.165, 1.54) is 0 Å². The summed E-state index contributed by atoms with van der Waals surface area (Å²) in [6, 6.07) is 16.4. The summed E-state index contributed by atoms with van der Waals surface area (Å²) >= 11 is 0. The van der Waals surface area contributed by atoms with Crippen molar-refractivity contribution in [3.8, 4) is 0 Å². The summed E-state index contributed by atoms with van der Waals surface area (Å²) in [6.45, 7) is 3.02.